The maximum Gasteiger partial charge on any atom is 0.147 e. The Bertz CT molecular complexity index is 1670. The van der Waals surface area contributed by atoms with E-state index in [0.29, 0.717) is 12.1 Å². The van der Waals surface area contributed by atoms with Gasteiger partial charge >= 0.3 is 0 Å². The number of methoxy groups -OCH3 is 2. The van der Waals surface area contributed by atoms with Crippen molar-refractivity contribution in [1.29, 1.82) is 0 Å². The van der Waals surface area contributed by atoms with Gasteiger partial charge in [-0.1, -0.05) is 6.07 Å². The van der Waals surface area contributed by atoms with Gasteiger partial charge in [0, 0.05) is 69.6 Å². The molecule has 252 valence electrons. The predicted molar refractivity (Wildman–Crippen MR) is 188 cm³/mol. The van der Waals surface area contributed by atoms with Crippen LogP contribution in [0.25, 0.3) is 0 Å². The van der Waals surface area contributed by atoms with Gasteiger partial charge in [0.05, 0.1) is 50.4 Å². The van der Waals surface area contributed by atoms with Gasteiger partial charge in [-0.3, -0.25) is 9.97 Å². The Morgan fingerprint density at radius 3 is 1.56 bits per heavy atom. The van der Waals surface area contributed by atoms with E-state index in [1.165, 1.54) is 25.9 Å². The summed E-state index contributed by atoms with van der Waals surface area (Å²) in [6.45, 7) is 6.86. The summed E-state index contributed by atoms with van der Waals surface area (Å²) in [6, 6.07) is 20.6. The zero-order valence-corrected chi connectivity index (χ0v) is 28.4. The van der Waals surface area contributed by atoms with Crippen molar-refractivity contribution >= 4 is 11.4 Å². The van der Waals surface area contributed by atoms with Crippen LogP contribution in [-0.4, -0.2) is 99.4 Å². The van der Waals surface area contributed by atoms with Crippen LogP contribution in [0.4, 0.5) is 11.4 Å². The molecule has 4 aromatic rings. The van der Waals surface area contributed by atoms with E-state index in [4.69, 9.17) is 18.9 Å². The number of hydrogen-bond donors (Lipinski definition) is 0. The fraction of sp³-hybridized carbons (Fsp3) is 0.421. The van der Waals surface area contributed by atoms with Gasteiger partial charge in [-0.25, -0.2) is 0 Å². The van der Waals surface area contributed by atoms with E-state index in [1.54, 1.807) is 26.6 Å². The third-order valence-electron chi connectivity index (χ3n) is 9.82. The Hall–Kier alpha value is -4.54. The molecule has 4 fully saturated rings. The molecule has 4 unspecified atom stereocenters. The second kappa shape index (κ2) is 14.3. The van der Waals surface area contributed by atoms with Crippen LogP contribution in [0.3, 0.4) is 0 Å². The minimum absolute atomic E-state index is 0.586. The molecule has 0 amide bonds. The van der Waals surface area contributed by atoms with Gasteiger partial charge in [-0.15, -0.1) is 0 Å². The number of aromatic nitrogens is 2. The molecule has 0 N–H and O–H groups in total. The van der Waals surface area contributed by atoms with Gasteiger partial charge < -0.3 is 38.5 Å². The molecular formula is C38H46N6O4. The first-order valence-electron chi connectivity index (χ1n) is 16.9. The lowest BCUT2D eigenvalue weighted by atomic mass is 10.0. The monoisotopic (exact) mass is 650 g/mol. The molecule has 0 radical (unpaired) electrons. The summed E-state index contributed by atoms with van der Waals surface area (Å²) in [7, 11) is 7.74. The molecule has 8 rings (SSSR count). The highest BCUT2D eigenvalue weighted by Gasteiger charge is 2.38. The minimum Gasteiger partial charge on any atom is -0.497 e. The van der Waals surface area contributed by atoms with Crippen molar-refractivity contribution < 1.29 is 18.9 Å². The zero-order chi connectivity index (χ0) is 33.0. The predicted octanol–water partition coefficient (Wildman–Crippen LogP) is 6.05. The fourth-order valence-electron chi connectivity index (χ4n) is 7.84. The largest absolute Gasteiger partial charge is 0.497 e. The maximum atomic E-state index is 5.97. The number of pyridine rings is 2. The fourth-order valence-corrected chi connectivity index (χ4v) is 7.84. The Labute approximate surface area is 283 Å². The van der Waals surface area contributed by atoms with Crippen LogP contribution in [0.15, 0.2) is 85.5 Å². The quantitative estimate of drug-likeness (QED) is 0.225. The first kappa shape index (κ1) is 32.0. The van der Waals surface area contributed by atoms with E-state index in [-0.39, 0.29) is 0 Å². The lowest BCUT2D eigenvalue weighted by Crippen LogP contribution is -2.40. The number of ether oxygens (including phenoxy) is 4. The van der Waals surface area contributed by atoms with Gasteiger partial charge in [-0.2, -0.15) is 0 Å². The number of rotatable bonds is 8. The number of likely N-dealkylation sites (tertiary alicyclic amines) is 2. The highest BCUT2D eigenvalue weighted by Crippen LogP contribution is 2.36. The maximum absolute atomic E-state index is 5.97. The molecular weight excluding hydrogens is 604 g/mol. The molecule has 0 saturated carbocycles. The summed E-state index contributed by atoms with van der Waals surface area (Å²) in [5, 5.41) is 0. The van der Waals surface area contributed by atoms with E-state index in [0.717, 1.165) is 83.9 Å². The number of fused-ring (bicyclic) bond motifs is 4. The Balaban J connectivity index is 0.000000152. The average Bonchev–Trinajstić information content (AvgIpc) is 3.58. The van der Waals surface area contributed by atoms with Gasteiger partial charge in [0.1, 0.15) is 34.5 Å². The van der Waals surface area contributed by atoms with Crippen LogP contribution in [0.2, 0.25) is 0 Å². The molecule has 6 heterocycles. The molecule has 10 heteroatoms. The van der Waals surface area contributed by atoms with Crippen molar-refractivity contribution in [3.05, 3.63) is 85.5 Å². The van der Waals surface area contributed by atoms with Crippen LogP contribution in [-0.2, 0) is 0 Å². The first-order valence-corrected chi connectivity index (χ1v) is 16.9. The van der Waals surface area contributed by atoms with Crippen molar-refractivity contribution in [2.75, 3.05) is 77.4 Å². The highest BCUT2D eigenvalue weighted by atomic mass is 16.5. The number of piperidine rings is 2. The van der Waals surface area contributed by atoms with E-state index >= 15 is 0 Å². The van der Waals surface area contributed by atoms with E-state index < -0.39 is 0 Å². The zero-order valence-electron chi connectivity index (χ0n) is 28.4. The molecule has 10 nitrogen and oxygen atoms in total. The summed E-state index contributed by atoms with van der Waals surface area (Å²) in [4.78, 5) is 18.6. The molecule has 4 aliphatic heterocycles. The SMILES string of the molecule is COc1ccc(Oc2cncc(N3CC4CC3CN(C)C4)c2)cc1.COc1cccc(Oc2cncc(N3CC4CC3CN(C)C4)c2)c1. The third-order valence-corrected chi connectivity index (χ3v) is 9.82. The molecule has 4 bridgehead atoms. The number of benzene rings is 2. The normalized spacial score (nSPS) is 23.3. The van der Waals surface area contributed by atoms with Gasteiger partial charge in [-0.05, 0) is 75.2 Å². The van der Waals surface area contributed by atoms with Crippen LogP contribution in [0.1, 0.15) is 12.8 Å². The second-order valence-corrected chi connectivity index (χ2v) is 13.6. The summed E-state index contributed by atoms with van der Waals surface area (Å²) < 4.78 is 22.4. The van der Waals surface area contributed by atoms with E-state index in [1.807, 2.05) is 60.9 Å². The summed E-state index contributed by atoms with van der Waals surface area (Å²) in [5.41, 5.74) is 2.31. The Kier molecular flexibility index (Phi) is 9.54. The lowest BCUT2D eigenvalue weighted by molar-refractivity contribution is 0.235. The average molecular weight is 651 g/mol. The van der Waals surface area contributed by atoms with Crippen LogP contribution >= 0.6 is 0 Å². The van der Waals surface area contributed by atoms with E-state index in [9.17, 15) is 0 Å². The molecule has 4 aliphatic rings. The third kappa shape index (κ3) is 7.45. The van der Waals surface area contributed by atoms with Gasteiger partial charge in [0.15, 0.2) is 0 Å². The number of anilines is 2. The molecule has 48 heavy (non-hydrogen) atoms. The number of hydrogen-bond acceptors (Lipinski definition) is 10. The van der Waals surface area contributed by atoms with Gasteiger partial charge in [0.25, 0.3) is 0 Å². The molecule has 0 aliphatic carbocycles. The van der Waals surface area contributed by atoms with Crippen LogP contribution in [0.5, 0.6) is 34.5 Å². The Morgan fingerprint density at radius 1 is 0.521 bits per heavy atom. The van der Waals surface area contributed by atoms with Crippen molar-refractivity contribution in [3.8, 4) is 34.5 Å². The van der Waals surface area contributed by atoms with Gasteiger partial charge in [0.2, 0.25) is 0 Å². The molecule has 2 aromatic heterocycles. The number of likely N-dealkylation sites (N-methyl/N-ethyl adjacent to an activating group) is 2. The topological polar surface area (TPSA) is 75.7 Å². The minimum atomic E-state index is 0.586. The van der Waals surface area contributed by atoms with E-state index in [2.05, 4.69) is 55.8 Å². The first-order chi connectivity index (χ1) is 23.4. The van der Waals surface area contributed by atoms with Crippen LogP contribution in [0, 0.1) is 11.8 Å². The Morgan fingerprint density at radius 2 is 1.02 bits per heavy atom. The lowest BCUT2D eigenvalue weighted by Gasteiger charge is -2.30. The summed E-state index contributed by atoms with van der Waals surface area (Å²) in [6.07, 6.45) is 9.99. The van der Waals surface area contributed by atoms with Crippen molar-refractivity contribution in [2.24, 2.45) is 11.8 Å². The molecule has 4 atom stereocenters. The van der Waals surface area contributed by atoms with Crippen molar-refractivity contribution in [3.63, 3.8) is 0 Å². The standard InChI is InChI=1S/2C19H23N3O2/c1-21-11-14-7-16(13-21)22(12-14)15-8-19(10-20-9-15)24-18-5-3-17(23-2)4-6-18;1-21-11-14-6-16(13-21)22(12-14)15-7-19(10-20-9-15)24-18-5-3-4-17(8-18)23-2/h3-6,8-10,14,16H,7,11-13H2,1-2H3;3-5,7-10,14,16H,6,11-13H2,1-2H3. The molecule has 4 saturated heterocycles. The highest BCUT2D eigenvalue weighted by molar-refractivity contribution is 5.53. The summed E-state index contributed by atoms with van der Waals surface area (Å²) >= 11 is 0. The molecule has 0 spiro atoms. The van der Waals surface area contributed by atoms with Crippen molar-refractivity contribution in [1.82, 2.24) is 19.8 Å². The second-order valence-electron chi connectivity index (χ2n) is 13.6. The van der Waals surface area contributed by atoms with Crippen LogP contribution < -0.4 is 28.7 Å². The number of nitrogens with zero attached hydrogens (tertiary/aromatic N) is 6. The molecule has 2 aromatic carbocycles. The summed E-state index contributed by atoms with van der Waals surface area (Å²) in [5.74, 6) is 6.21. The smallest absolute Gasteiger partial charge is 0.147 e. The van der Waals surface area contributed by atoms with Crippen molar-refractivity contribution in [2.45, 2.75) is 24.9 Å².